The average molecular weight is 432 g/mol. The Balaban J connectivity index is 5.36. The van der Waals surface area contributed by atoms with Crippen LogP contribution in [-0.4, -0.2) is 75.8 Å². The Kier molecular flexibility index (Phi) is 11.6. The largest absolute Gasteiger partial charge is 0.481 e. The second kappa shape index (κ2) is 12.8. The molecule has 0 aromatic rings. The third kappa shape index (κ3) is 8.74. The van der Waals surface area contributed by atoms with E-state index < -0.39 is 72.8 Å². The van der Waals surface area contributed by atoms with Crippen LogP contribution in [0.25, 0.3) is 0 Å². The van der Waals surface area contributed by atoms with Gasteiger partial charge < -0.3 is 37.0 Å². The zero-order chi connectivity index (χ0) is 23.6. The van der Waals surface area contributed by atoms with Crippen molar-refractivity contribution in [2.75, 3.05) is 6.61 Å². The van der Waals surface area contributed by atoms with Crippen LogP contribution >= 0.6 is 0 Å². The zero-order valence-electron chi connectivity index (χ0n) is 17.5. The minimum absolute atomic E-state index is 0.215. The number of carbonyl (C=O) groups is 5. The first kappa shape index (κ1) is 27.3. The van der Waals surface area contributed by atoms with Crippen molar-refractivity contribution in [3.05, 3.63) is 0 Å². The lowest BCUT2D eigenvalue weighted by atomic mass is 9.97. The highest BCUT2D eigenvalue weighted by molar-refractivity contribution is 5.94. The summed E-state index contributed by atoms with van der Waals surface area (Å²) < 4.78 is 0. The summed E-state index contributed by atoms with van der Waals surface area (Å²) in [6.45, 7) is 6.01. The number of carbonyl (C=O) groups excluding carboxylic acids is 3. The second-order valence-electron chi connectivity index (χ2n) is 7.38. The molecule has 5 atom stereocenters. The molecule has 0 fully saturated rings. The summed E-state index contributed by atoms with van der Waals surface area (Å²) in [4.78, 5) is 59.1. The highest BCUT2D eigenvalue weighted by Gasteiger charge is 2.33. The number of carboxylic acids is 2. The molecule has 0 aromatic heterocycles. The van der Waals surface area contributed by atoms with Gasteiger partial charge in [0.2, 0.25) is 17.7 Å². The fraction of sp³-hybridized carbons (Fsp3) is 0.722. The van der Waals surface area contributed by atoms with Gasteiger partial charge in [-0.2, -0.15) is 0 Å². The highest BCUT2D eigenvalue weighted by Crippen LogP contribution is 2.10. The summed E-state index contributed by atoms with van der Waals surface area (Å²) in [6.07, 6.45) is -0.423. The molecule has 0 saturated heterocycles. The van der Waals surface area contributed by atoms with E-state index in [1.165, 1.54) is 0 Å². The van der Waals surface area contributed by atoms with Crippen molar-refractivity contribution < 1.29 is 39.3 Å². The Hall–Kier alpha value is -2.73. The number of hydrogen-bond acceptors (Lipinski definition) is 7. The van der Waals surface area contributed by atoms with Crippen LogP contribution in [0.4, 0.5) is 0 Å². The molecule has 8 N–H and O–H groups in total. The Morgan fingerprint density at radius 1 is 0.867 bits per heavy atom. The maximum Gasteiger partial charge on any atom is 0.326 e. The van der Waals surface area contributed by atoms with E-state index in [4.69, 9.17) is 15.9 Å². The molecule has 0 radical (unpaired) electrons. The number of aliphatic hydroxyl groups excluding tert-OH is 1. The first-order valence-corrected chi connectivity index (χ1v) is 9.57. The minimum Gasteiger partial charge on any atom is -0.481 e. The maximum absolute atomic E-state index is 12.6. The molecule has 172 valence electrons. The van der Waals surface area contributed by atoms with Crippen molar-refractivity contribution in [2.24, 2.45) is 17.6 Å². The van der Waals surface area contributed by atoms with E-state index in [0.717, 1.165) is 0 Å². The van der Waals surface area contributed by atoms with E-state index >= 15 is 0 Å². The van der Waals surface area contributed by atoms with Crippen LogP contribution in [0.15, 0.2) is 0 Å². The molecule has 0 aliphatic carbocycles. The van der Waals surface area contributed by atoms with Crippen LogP contribution in [0.5, 0.6) is 0 Å². The van der Waals surface area contributed by atoms with Gasteiger partial charge in [-0.1, -0.05) is 34.1 Å². The zero-order valence-corrected chi connectivity index (χ0v) is 17.5. The number of aliphatic hydroxyl groups is 1. The Morgan fingerprint density at radius 3 is 1.80 bits per heavy atom. The standard InChI is InChI=1S/C18H32N4O8/c1-5-9(4)14(17(28)20-10(18(29)30)6-12(24)25)22-15(26)11(7-23)21-16(27)13(19)8(2)3/h8-11,13-14,23H,5-7,19H2,1-4H3,(H,20,28)(H,21,27)(H,22,26)(H,24,25)(H,29,30). The molecule has 0 rings (SSSR count). The van der Waals surface area contributed by atoms with Crippen molar-refractivity contribution in [1.29, 1.82) is 0 Å². The predicted molar refractivity (Wildman–Crippen MR) is 105 cm³/mol. The van der Waals surface area contributed by atoms with Gasteiger partial charge in [-0.3, -0.25) is 19.2 Å². The minimum atomic E-state index is -1.68. The molecule has 3 amide bonds. The second-order valence-corrected chi connectivity index (χ2v) is 7.38. The summed E-state index contributed by atoms with van der Waals surface area (Å²) in [5, 5.41) is 34.1. The molecule has 0 aliphatic heterocycles. The normalized spacial score (nSPS) is 16.0. The molecule has 0 heterocycles. The van der Waals surface area contributed by atoms with Crippen LogP contribution in [0, 0.1) is 11.8 Å². The lowest BCUT2D eigenvalue weighted by molar-refractivity contribution is -0.147. The van der Waals surface area contributed by atoms with Gasteiger partial charge in [0.15, 0.2) is 0 Å². The van der Waals surface area contributed by atoms with Crippen molar-refractivity contribution >= 4 is 29.7 Å². The summed E-state index contributed by atoms with van der Waals surface area (Å²) in [6, 6.07) is -5.19. The van der Waals surface area contributed by atoms with Gasteiger partial charge in [0, 0.05) is 0 Å². The molecule has 0 spiro atoms. The topological polar surface area (TPSA) is 208 Å². The smallest absolute Gasteiger partial charge is 0.326 e. The van der Waals surface area contributed by atoms with Crippen LogP contribution < -0.4 is 21.7 Å². The number of amides is 3. The van der Waals surface area contributed by atoms with E-state index in [-0.39, 0.29) is 5.92 Å². The molecule has 30 heavy (non-hydrogen) atoms. The van der Waals surface area contributed by atoms with Gasteiger partial charge >= 0.3 is 11.9 Å². The third-order valence-electron chi connectivity index (χ3n) is 4.62. The molecule has 0 saturated carbocycles. The third-order valence-corrected chi connectivity index (χ3v) is 4.62. The monoisotopic (exact) mass is 432 g/mol. The van der Waals surface area contributed by atoms with Gasteiger partial charge in [0.25, 0.3) is 0 Å². The average Bonchev–Trinajstić information content (AvgIpc) is 2.67. The molecule has 12 heteroatoms. The maximum atomic E-state index is 12.6. The van der Waals surface area contributed by atoms with Gasteiger partial charge in [-0.15, -0.1) is 0 Å². The number of nitrogens with one attached hydrogen (secondary N) is 3. The van der Waals surface area contributed by atoms with E-state index in [9.17, 15) is 29.1 Å². The van der Waals surface area contributed by atoms with E-state index in [0.29, 0.717) is 6.42 Å². The lowest BCUT2D eigenvalue weighted by Gasteiger charge is -2.27. The quantitative estimate of drug-likeness (QED) is 0.172. The molecule has 0 aliphatic rings. The van der Waals surface area contributed by atoms with Gasteiger partial charge in [0.1, 0.15) is 18.1 Å². The molecule has 5 unspecified atom stereocenters. The number of hydrogen-bond donors (Lipinski definition) is 7. The van der Waals surface area contributed by atoms with Crippen molar-refractivity contribution in [3.8, 4) is 0 Å². The SMILES string of the molecule is CCC(C)C(NC(=O)C(CO)NC(=O)C(N)C(C)C)C(=O)NC(CC(=O)O)C(=O)O. The molecule has 0 aromatic carbocycles. The fourth-order valence-electron chi connectivity index (χ4n) is 2.36. The Labute approximate surface area is 174 Å². The Morgan fingerprint density at radius 2 is 1.40 bits per heavy atom. The molecule has 12 nitrogen and oxygen atoms in total. The van der Waals surface area contributed by atoms with Crippen molar-refractivity contribution in [1.82, 2.24) is 16.0 Å². The summed E-state index contributed by atoms with van der Waals surface area (Å²) >= 11 is 0. The van der Waals surface area contributed by atoms with E-state index in [2.05, 4.69) is 16.0 Å². The molecular formula is C18H32N4O8. The van der Waals surface area contributed by atoms with E-state index in [1.54, 1.807) is 27.7 Å². The van der Waals surface area contributed by atoms with Crippen molar-refractivity contribution in [3.63, 3.8) is 0 Å². The Bertz CT molecular complexity index is 640. The van der Waals surface area contributed by atoms with Crippen LogP contribution in [-0.2, 0) is 24.0 Å². The molecule has 0 bridgehead atoms. The highest BCUT2D eigenvalue weighted by atomic mass is 16.4. The summed E-state index contributed by atoms with van der Waals surface area (Å²) in [5.41, 5.74) is 5.71. The number of aliphatic carboxylic acids is 2. The summed E-state index contributed by atoms with van der Waals surface area (Å²) in [7, 11) is 0. The molecular weight excluding hydrogens is 400 g/mol. The van der Waals surface area contributed by atoms with Gasteiger partial charge in [-0.05, 0) is 11.8 Å². The van der Waals surface area contributed by atoms with Crippen LogP contribution in [0.3, 0.4) is 0 Å². The van der Waals surface area contributed by atoms with E-state index in [1.807, 2.05) is 0 Å². The number of carboxylic acid groups (broad SMARTS) is 2. The van der Waals surface area contributed by atoms with Crippen molar-refractivity contribution in [2.45, 2.75) is 64.7 Å². The predicted octanol–water partition coefficient (Wildman–Crippen LogP) is -1.98. The number of rotatable bonds is 13. The van der Waals surface area contributed by atoms with Crippen LogP contribution in [0.2, 0.25) is 0 Å². The van der Waals surface area contributed by atoms with Crippen LogP contribution in [0.1, 0.15) is 40.5 Å². The fourth-order valence-corrected chi connectivity index (χ4v) is 2.36. The van der Waals surface area contributed by atoms with Gasteiger partial charge in [0.05, 0.1) is 19.1 Å². The first-order chi connectivity index (χ1) is 13.8. The number of nitrogens with two attached hydrogens (primary N) is 1. The summed E-state index contributed by atoms with van der Waals surface area (Å²) in [5.74, 6) is -6.05. The van der Waals surface area contributed by atoms with Gasteiger partial charge in [-0.25, -0.2) is 4.79 Å². The first-order valence-electron chi connectivity index (χ1n) is 9.57. The lowest BCUT2D eigenvalue weighted by Crippen LogP contribution is -2.59.